The molecule has 3 rings (SSSR count). The number of nitrogens with one attached hydrogen (secondary N) is 1. The van der Waals surface area contributed by atoms with Gasteiger partial charge in [-0.15, -0.1) is 0 Å². The summed E-state index contributed by atoms with van der Waals surface area (Å²) in [4.78, 5) is 24.9. The predicted octanol–water partition coefficient (Wildman–Crippen LogP) is 3.78. The van der Waals surface area contributed by atoms with Crippen LogP contribution in [0.4, 0.5) is 5.69 Å². The topological polar surface area (TPSA) is 79.2 Å². The van der Waals surface area contributed by atoms with Gasteiger partial charge in [0.15, 0.2) is 6.61 Å². The molecule has 0 saturated heterocycles. The van der Waals surface area contributed by atoms with Crippen LogP contribution in [0, 0.1) is 17.6 Å². The van der Waals surface area contributed by atoms with Crippen LogP contribution in [0.5, 0.6) is 0 Å². The largest absolute Gasteiger partial charge is 0.455 e. The first-order valence-corrected chi connectivity index (χ1v) is 9.59. The third-order valence-electron chi connectivity index (χ3n) is 4.51. The molecule has 0 spiro atoms. The number of carbonyl (C=O) groups excluding carboxylic acids is 2. The van der Waals surface area contributed by atoms with Gasteiger partial charge < -0.3 is 10.1 Å². The van der Waals surface area contributed by atoms with Crippen LogP contribution in [0.15, 0.2) is 41.3 Å². The van der Waals surface area contributed by atoms with Gasteiger partial charge in [-0.2, -0.15) is 5.26 Å². The van der Waals surface area contributed by atoms with E-state index < -0.39 is 5.97 Å². The van der Waals surface area contributed by atoms with Crippen molar-refractivity contribution in [1.82, 2.24) is 0 Å². The maximum atomic E-state index is 12.0. The second kappa shape index (κ2) is 8.74. The zero-order chi connectivity index (χ0) is 19.2. The van der Waals surface area contributed by atoms with Crippen molar-refractivity contribution in [1.29, 1.82) is 5.26 Å². The van der Waals surface area contributed by atoms with Crippen LogP contribution < -0.4 is 5.32 Å². The molecule has 0 bridgehead atoms. The summed E-state index contributed by atoms with van der Waals surface area (Å²) in [7, 11) is 0. The van der Waals surface area contributed by atoms with Gasteiger partial charge in [-0.05, 0) is 78.4 Å². The number of nitrogens with zero attached hydrogens (tertiary/aromatic N) is 1. The lowest BCUT2D eigenvalue weighted by Crippen LogP contribution is -2.22. The van der Waals surface area contributed by atoms with Gasteiger partial charge in [-0.1, -0.05) is 18.2 Å². The molecule has 1 N–H and O–H groups in total. The van der Waals surface area contributed by atoms with E-state index in [4.69, 9.17) is 10.00 Å². The molecule has 0 saturated carbocycles. The molecular formula is C21H20N2O3S. The third-order valence-corrected chi connectivity index (χ3v) is 5.09. The molecule has 27 heavy (non-hydrogen) atoms. The molecule has 138 valence electrons. The van der Waals surface area contributed by atoms with Gasteiger partial charge in [0.1, 0.15) is 5.40 Å². The van der Waals surface area contributed by atoms with Gasteiger partial charge in [0.2, 0.25) is 0 Å². The highest BCUT2D eigenvalue weighted by atomic mass is 32.2. The van der Waals surface area contributed by atoms with Gasteiger partial charge in [0.25, 0.3) is 5.91 Å². The third kappa shape index (κ3) is 5.11. The Morgan fingerprint density at radius 1 is 1.19 bits per heavy atom. The van der Waals surface area contributed by atoms with Crippen LogP contribution in [0.3, 0.4) is 0 Å². The maximum absolute atomic E-state index is 12.0. The lowest BCUT2D eigenvalue weighted by molar-refractivity contribution is -0.146. The number of rotatable bonds is 6. The van der Waals surface area contributed by atoms with Crippen LogP contribution in [-0.4, -0.2) is 18.5 Å². The van der Waals surface area contributed by atoms with Crippen LogP contribution in [0.2, 0.25) is 0 Å². The zero-order valence-corrected chi connectivity index (χ0v) is 15.9. The van der Waals surface area contributed by atoms with Gasteiger partial charge >= 0.3 is 5.97 Å². The van der Waals surface area contributed by atoms with Crippen molar-refractivity contribution >= 4 is 29.3 Å². The highest BCUT2D eigenvalue weighted by molar-refractivity contribution is 8.03. The number of anilines is 1. The van der Waals surface area contributed by atoms with Gasteiger partial charge in [0.05, 0.1) is 6.42 Å². The molecule has 0 heterocycles. The Labute approximate surface area is 162 Å². The monoisotopic (exact) mass is 380 g/mol. The lowest BCUT2D eigenvalue weighted by Gasteiger charge is -2.10. The van der Waals surface area contributed by atoms with Crippen LogP contribution in [0.1, 0.15) is 28.7 Å². The molecule has 1 aliphatic carbocycles. The minimum Gasteiger partial charge on any atom is -0.455 e. The smallest absolute Gasteiger partial charge is 0.310 e. The first kappa shape index (κ1) is 19.0. The number of esters is 1. The fourth-order valence-corrected chi connectivity index (χ4v) is 3.65. The minimum atomic E-state index is -0.416. The maximum Gasteiger partial charge on any atom is 0.310 e. The van der Waals surface area contributed by atoms with E-state index in [9.17, 15) is 9.59 Å². The lowest BCUT2D eigenvalue weighted by atomic mass is 10.0. The number of fused-ring (bicyclic) bond motifs is 1. The molecule has 2 aromatic rings. The average Bonchev–Trinajstić information content (AvgIpc) is 3.10. The molecule has 1 aliphatic rings. The Hall–Kier alpha value is -2.78. The number of aryl methyl sites for hydroxylation is 3. The molecule has 5 nitrogen and oxygen atoms in total. The molecular weight excluding hydrogens is 360 g/mol. The van der Waals surface area contributed by atoms with Crippen LogP contribution in [-0.2, 0) is 33.6 Å². The van der Waals surface area contributed by atoms with Crippen molar-refractivity contribution in [2.45, 2.75) is 37.5 Å². The van der Waals surface area contributed by atoms with E-state index in [1.165, 1.54) is 17.5 Å². The SMILES string of the molecule is Cc1cc(SC#N)ccc1NC(=O)COC(=O)Cc1ccc2c(c1)CCC2. The second-order valence-electron chi connectivity index (χ2n) is 6.51. The Balaban J connectivity index is 1.49. The van der Waals surface area contributed by atoms with Crippen molar-refractivity contribution in [3.63, 3.8) is 0 Å². The first-order valence-electron chi connectivity index (χ1n) is 8.78. The van der Waals surface area contributed by atoms with Gasteiger partial charge in [-0.3, -0.25) is 9.59 Å². The highest BCUT2D eigenvalue weighted by Gasteiger charge is 2.14. The van der Waals surface area contributed by atoms with E-state index in [0.29, 0.717) is 5.69 Å². The number of hydrogen-bond acceptors (Lipinski definition) is 5. The summed E-state index contributed by atoms with van der Waals surface area (Å²) in [6.07, 6.45) is 3.50. The van der Waals surface area contributed by atoms with Crippen molar-refractivity contribution in [2.24, 2.45) is 0 Å². The quantitative estimate of drug-likeness (QED) is 0.469. The van der Waals surface area contributed by atoms with Gasteiger partial charge in [-0.25, -0.2) is 0 Å². The Morgan fingerprint density at radius 2 is 2.00 bits per heavy atom. The van der Waals surface area contributed by atoms with Crippen molar-refractivity contribution in [3.05, 3.63) is 58.7 Å². The number of amides is 1. The first-order chi connectivity index (χ1) is 13.0. The predicted molar refractivity (Wildman–Crippen MR) is 104 cm³/mol. The molecule has 0 unspecified atom stereocenters. The molecule has 0 radical (unpaired) electrons. The van der Waals surface area contributed by atoms with Gasteiger partial charge in [0, 0.05) is 10.6 Å². The average molecular weight is 380 g/mol. The number of carbonyl (C=O) groups is 2. The summed E-state index contributed by atoms with van der Waals surface area (Å²) in [5.41, 5.74) is 5.07. The molecule has 0 atom stereocenters. The minimum absolute atomic E-state index is 0.166. The van der Waals surface area contributed by atoms with E-state index in [1.54, 1.807) is 12.1 Å². The van der Waals surface area contributed by atoms with E-state index in [1.807, 2.05) is 24.5 Å². The fourth-order valence-electron chi connectivity index (χ4n) is 3.18. The summed E-state index contributed by atoms with van der Waals surface area (Å²) >= 11 is 1.06. The molecule has 1 amide bonds. The number of thioether (sulfide) groups is 1. The zero-order valence-electron chi connectivity index (χ0n) is 15.1. The number of benzene rings is 2. The van der Waals surface area contributed by atoms with Crippen LogP contribution in [0.25, 0.3) is 0 Å². The highest BCUT2D eigenvalue weighted by Crippen LogP contribution is 2.24. The molecule has 0 aromatic heterocycles. The normalized spacial score (nSPS) is 12.1. The summed E-state index contributed by atoms with van der Waals surface area (Å²) in [5, 5.41) is 13.4. The molecule has 0 fully saturated rings. The van der Waals surface area contributed by atoms with Crippen molar-refractivity contribution in [3.8, 4) is 5.40 Å². The Bertz CT molecular complexity index is 918. The Morgan fingerprint density at radius 3 is 2.78 bits per heavy atom. The molecule has 6 heteroatoms. The Kier molecular flexibility index (Phi) is 6.15. The van der Waals surface area contributed by atoms with Crippen LogP contribution >= 0.6 is 11.8 Å². The second-order valence-corrected chi connectivity index (χ2v) is 7.37. The number of nitriles is 1. The number of hydrogen-bond donors (Lipinski definition) is 1. The van der Waals surface area contributed by atoms with E-state index in [2.05, 4.69) is 17.4 Å². The van der Waals surface area contributed by atoms with Crippen molar-refractivity contribution < 1.29 is 14.3 Å². The van der Waals surface area contributed by atoms with E-state index in [-0.39, 0.29) is 18.9 Å². The standard InChI is InChI=1S/C21H20N2O3S/c1-14-9-18(27-13-22)7-8-19(14)23-20(24)12-26-21(25)11-15-5-6-16-3-2-4-17(16)10-15/h5-10H,2-4,11-12H2,1H3,(H,23,24). The van der Waals surface area contributed by atoms with Crippen molar-refractivity contribution in [2.75, 3.05) is 11.9 Å². The van der Waals surface area contributed by atoms with E-state index in [0.717, 1.165) is 40.6 Å². The molecule has 0 aliphatic heterocycles. The summed E-state index contributed by atoms with van der Waals surface area (Å²) < 4.78 is 5.10. The summed E-state index contributed by atoms with van der Waals surface area (Å²) in [6, 6.07) is 11.4. The number of thiocyanates is 1. The fraction of sp³-hybridized carbons (Fsp3) is 0.286. The summed E-state index contributed by atoms with van der Waals surface area (Å²) in [5.74, 6) is -0.804. The molecule has 2 aromatic carbocycles. The summed E-state index contributed by atoms with van der Waals surface area (Å²) in [6.45, 7) is 1.52. The van der Waals surface area contributed by atoms with E-state index >= 15 is 0 Å². The number of ether oxygens (including phenoxy) is 1.